The second-order valence-corrected chi connectivity index (χ2v) is 7.28. The molecule has 122 valence electrons. The third-order valence-corrected chi connectivity index (χ3v) is 4.32. The van der Waals surface area contributed by atoms with E-state index in [4.69, 9.17) is 4.52 Å². The number of sulfone groups is 1. The number of nitro groups is 1. The van der Waals surface area contributed by atoms with Gasteiger partial charge < -0.3 is 4.52 Å². The van der Waals surface area contributed by atoms with Crippen LogP contribution in [-0.2, 0) is 9.84 Å². The van der Waals surface area contributed by atoms with Gasteiger partial charge in [-0.05, 0) is 6.07 Å². The van der Waals surface area contributed by atoms with Gasteiger partial charge in [0, 0.05) is 29.9 Å². The molecule has 0 radical (unpaired) electrons. The van der Waals surface area contributed by atoms with Gasteiger partial charge in [-0.2, -0.15) is 0 Å². The molecule has 1 heterocycles. The Balaban J connectivity index is 2.65. The summed E-state index contributed by atoms with van der Waals surface area (Å²) in [7, 11) is -3.83. The fourth-order valence-electron chi connectivity index (χ4n) is 2.10. The first-order valence-corrected chi connectivity index (χ1v) is 8.49. The van der Waals surface area contributed by atoms with Crippen molar-refractivity contribution < 1.29 is 22.7 Å². The van der Waals surface area contributed by atoms with Crippen molar-refractivity contribution in [2.75, 3.05) is 6.26 Å². The van der Waals surface area contributed by atoms with Crippen LogP contribution in [0.1, 0.15) is 41.4 Å². The highest BCUT2D eigenvalue weighted by atomic mass is 32.2. The molecule has 2 rings (SSSR count). The van der Waals surface area contributed by atoms with E-state index in [2.05, 4.69) is 5.16 Å². The van der Waals surface area contributed by atoms with E-state index in [-0.39, 0.29) is 17.0 Å². The van der Waals surface area contributed by atoms with Crippen LogP contribution >= 0.6 is 0 Å². The molecule has 0 fully saturated rings. The van der Waals surface area contributed by atoms with Crippen molar-refractivity contribution in [2.45, 2.75) is 24.7 Å². The molecule has 0 aliphatic heterocycles. The van der Waals surface area contributed by atoms with E-state index in [0.29, 0.717) is 5.76 Å². The average Bonchev–Trinajstić information content (AvgIpc) is 2.94. The van der Waals surface area contributed by atoms with Crippen molar-refractivity contribution in [3.8, 4) is 0 Å². The third kappa shape index (κ3) is 3.29. The van der Waals surface area contributed by atoms with E-state index in [1.807, 2.05) is 0 Å². The molecule has 23 heavy (non-hydrogen) atoms. The number of hydrogen-bond acceptors (Lipinski definition) is 7. The van der Waals surface area contributed by atoms with Crippen molar-refractivity contribution >= 4 is 21.3 Å². The first-order chi connectivity index (χ1) is 10.6. The van der Waals surface area contributed by atoms with E-state index >= 15 is 0 Å². The Morgan fingerprint density at radius 1 is 1.30 bits per heavy atom. The molecule has 0 aliphatic rings. The number of aromatic nitrogens is 1. The predicted octanol–water partition coefficient (Wildman–Crippen LogP) is 2.34. The van der Waals surface area contributed by atoms with Gasteiger partial charge in [0.15, 0.2) is 15.6 Å². The number of nitro benzene ring substituents is 1. The molecule has 1 aromatic heterocycles. The lowest BCUT2D eigenvalue weighted by atomic mass is 9.99. The van der Waals surface area contributed by atoms with Crippen LogP contribution in [0.4, 0.5) is 5.69 Å². The van der Waals surface area contributed by atoms with E-state index in [1.54, 1.807) is 13.8 Å². The molecule has 0 saturated carbocycles. The number of nitrogens with zero attached hydrogens (tertiary/aromatic N) is 2. The Labute approximate surface area is 132 Å². The number of non-ortho nitro benzene ring substituents is 1. The summed E-state index contributed by atoms with van der Waals surface area (Å²) in [6.45, 7) is 3.59. The lowest BCUT2D eigenvalue weighted by Crippen LogP contribution is -2.11. The van der Waals surface area contributed by atoms with E-state index in [9.17, 15) is 23.3 Å². The summed E-state index contributed by atoms with van der Waals surface area (Å²) in [6.07, 6.45) is 2.10. The monoisotopic (exact) mass is 338 g/mol. The molecule has 0 unspecified atom stereocenters. The Kier molecular flexibility index (Phi) is 4.33. The van der Waals surface area contributed by atoms with E-state index < -0.39 is 31.1 Å². The second kappa shape index (κ2) is 5.92. The van der Waals surface area contributed by atoms with Gasteiger partial charge in [0.25, 0.3) is 5.69 Å². The fourth-order valence-corrected chi connectivity index (χ4v) is 2.99. The van der Waals surface area contributed by atoms with Crippen molar-refractivity contribution in [1.29, 1.82) is 0 Å². The molecule has 2 aromatic rings. The van der Waals surface area contributed by atoms with Gasteiger partial charge in [0.05, 0.1) is 21.6 Å². The van der Waals surface area contributed by atoms with Gasteiger partial charge in [-0.1, -0.05) is 19.0 Å². The Morgan fingerprint density at radius 3 is 2.48 bits per heavy atom. The molecule has 1 aromatic carbocycles. The molecule has 0 atom stereocenters. The van der Waals surface area contributed by atoms with Crippen LogP contribution in [-0.4, -0.2) is 30.5 Å². The second-order valence-electron chi connectivity index (χ2n) is 5.30. The van der Waals surface area contributed by atoms with Crippen LogP contribution in [0.15, 0.2) is 33.8 Å². The van der Waals surface area contributed by atoms with E-state index in [1.165, 1.54) is 6.20 Å². The highest BCUT2D eigenvalue weighted by Gasteiger charge is 2.27. The summed E-state index contributed by atoms with van der Waals surface area (Å²) < 4.78 is 28.8. The topological polar surface area (TPSA) is 120 Å². The normalized spacial score (nSPS) is 11.7. The van der Waals surface area contributed by atoms with Crippen molar-refractivity contribution in [2.24, 2.45) is 0 Å². The molecule has 0 saturated heterocycles. The fraction of sp³-hybridized carbons (Fsp3) is 0.286. The van der Waals surface area contributed by atoms with Crippen molar-refractivity contribution in [3.05, 3.63) is 51.4 Å². The van der Waals surface area contributed by atoms with Crippen LogP contribution in [0, 0.1) is 10.1 Å². The number of carbonyl (C=O) groups is 1. The standard InChI is InChI=1S/C14H14N2O6S/c1-8(2)14-11(7-15-22-14)13(17)10-5-4-9(16(18)19)6-12(10)23(3,20)21/h4-8H,1-3H3. The highest BCUT2D eigenvalue weighted by molar-refractivity contribution is 7.90. The number of benzene rings is 1. The van der Waals surface area contributed by atoms with E-state index in [0.717, 1.165) is 24.5 Å². The zero-order valence-electron chi connectivity index (χ0n) is 12.6. The maximum absolute atomic E-state index is 12.6. The zero-order chi connectivity index (χ0) is 17.4. The lowest BCUT2D eigenvalue weighted by molar-refractivity contribution is -0.385. The molecule has 0 aliphatic carbocycles. The SMILES string of the molecule is CC(C)c1oncc1C(=O)c1ccc([N+](=O)[O-])cc1S(C)(=O)=O. The Morgan fingerprint density at radius 2 is 1.96 bits per heavy atom. The maximum atomic E-state index is 12.6. The highest BCUT2D eigenvalue weighted by Crippen LogP contribution is 2.27. The van der Waals surface area contributed by atoms with Crippen LogP contribution in [0.3, 0.4) is 0 Å². The summed E-state index contributed by atoms with van der Waals surface area (Å²) >= 11 is 0. The Hall–Kier alpha value is -2.55. The quantitative estimate of drug-likeness (QED) is 0.466. The van der Waals surface area contributed by atoms with Gasteiger partial charge >= 0.3 is 0 Å². The van der Waals surface area contributed by atoms with Gasteiger partial charge in [-0.15, -0.1) is 0 Å². The predicted molar refractivity (Wildman–Crippen MR) is 80.2 cm³/mol. The van der Waals surface area contributed by atoms with Crippen molar-refractivity contribution in [3.63, 3.8) is 0 Å². The molecule has 0 bridgehead atoms. The van der Waals surface area contributed by atoms with Crippen LogP contribution in [0.2, 0.25) is 0 Å². The molecular weight excluding hydrogens is 324 g/mol. The minimum Gasteiger partial charge on any atom is -0.360 e. The molecular formula is C14H14N2O6S. The summed E-state index contributed by atoms with van der Waals surface area (Å²) in [5.41, 5.74) is -0.418. The number of rotatable bonds is 5. The van der Waals surface area contributed by atoms with Gasteiger partial charge in [-0.3, -0.25) is 14.9 Å². The maximum Gasteiger partial charge on any atom is 0.270 e. The van der Waals surface area contributed by atoms with Crippen molar-refractivity contribution in [1.82, 2.24) is 5.16 Å². The smallest absolute Gasteiger partial charge is 0.270 e. The minimum absolute atomic E-state index is 0.129. The van der Waals surface area contributed by atoms with Crippen LogP contribution in [0.25, 0.3) is 0 Å². The average molecular weight is 338 g/mol. The summed E-state index contributed by atoms with van der Waals surface area (Å²) in [5.74, 6) is -0.408. The lowest BCUT2D eigenvalue weighted by Gasteiger charge is -2.08. The zero-order valence-corrected chi connectivity index (χ0v) is 13.5. The van der Waals surface area contributed by atoms with Gasteiger partial charge in [-0.25, -0.2) is 8.42 Å². The minimum atomic E-state index is -3.83. The summed E-state index contributed by atoms with van der Waals surface area (Å²) in [6, 6.07) is 3.10. The van der Waals surface area contributed by atoms with Gasteiger partial charge in [0.1, 0.15) is 5.76 Å². The largest absolute Gasteiger partial charge is 0.360 e. The molecule has 0 N–H and O–H groups in total. The molecule has 0 spiro atoms. The van der Waals surface area contributed by atoms with Gasteiger partial charge in [0.2, 0.25) is 0 Å². The third-order valence-electron chi connectivity index (χ3n) is 3.19. The molecule has 8 nitrogen and oxygen atoms in total. The summed E-state index contributed by atoms with van der Waals surface area (Å²) in [5, 5.41) is 14.4. The number of hydrogen-bond donors (Lipinski definition) is 0. The Bertz CT molecular complexity index is 882. The number of carbonyl (C=O) groups excluding carboxylic acids is 1. The molecule has 9 heteroatoms. The molecule has 0 amide bonds. The first-order valence-electron chi connectivity index (χ1n) is 6.60. The summed E-state index contributed by atoms with van der Waals surface area (Å²) in [4.78, 5) is 22.4. The van der Waals surface area contributed by atoms with Crippen LogP contribution < -0.4 is 0 Å². The van der Waals surface area contributed by atoms with Crippen LogP contribution in [0.5, 0.6) is 0 Å². The first kappa shape index (κ1) is 16.8. The number of ketones is 1.